The van der Waals surface area contributed by atoms with Crippen LogP contribution in [0, 0.1) is 0 Å². The molecule has 0 aromatic carbocycles. The highest BCUT2D eigenvalue weighted by Gasteiger charge is 2.15. The van der Waals surface area contributed by atoms with Crippen molar-refractivity contribution in [2.45, 2.75) is 19.0 Å². The van der Waals surface area contributed by atoms with E-state index in [1.165, 1.54) is 0 Å². The fourth-order valence-electron chi connectivity index (χ4n) is 1.19. The number of H-pyrrole nitrogens is 1. The normalized spacial score (nSPS) is 13.2. The number of hydrogen-bond donors (Lipinski definition) is 3. The van der Waals surface area contributed by atoms with Gasteiger partial charge < -0.3 is 16.0 Å². The van der Waals surface area contributed by atoms with E-state index >= 15 is 0 Å². The topological polar surface area (TPSA) is 122 Å². The van der Waals surface area contributed by atoms with Gasteiger partial charge in [-0.15, -0.1) is 0 Å². The lowest BCUT2D eigenvalue weighted by molar-refractivity contribution is -0.122. The van der Waals surface area contributed by atoms with E-state index in [1.54, 1.807) is 5.38 Å². The number of aromatic nitrogens is 1. The van der Waals surface area contributed by atoms with Gasteiger partial charge in [0.15, 0.2) is 0 Å². The van der Waals surface area contributed by atoms with Crippen molar-refractivity contribution in [2.24, 2.45) is 5.73 Å². The Morgan fingerprint density at radius 2 is 2.28 bits per heavy atom. The van der Waals surface area contributed by atoms with Gasteiger partial charge in [0, 0.05) is 17.3 Å². The van der Waals surface area contributed by atoms with E-state index < -0.39 is 21.8 Å². The lowest BCUT2D eigenvalue weighted by Gasteiger charge is -2.10. The number of carbonyl (C=O) groups excluding carboxylic acids is 1. The summed E-state index contributed by atoms with van der Waals surface area (Å²) in [6.07, 6.45) is 1.17. The zero-order valence-corrected chi connectivity index (χ0v) is 11.4. The number of nitrogens with two attached hydrogens (primary N) is 1. The number of amides is 1. The van der Waals surface area contributed by atoms with Crippen molar-refractivity contribution in [1.29, 1.82) is 0 Å². The first-order valence-corrected chi connectivity index (χ1v) is 8.09. The standard InChI is InChI=1S/C9H15N3O4S2/c1-18(15,16)3-2-7(10)8(13)11-4-6-5-17-9(14)12-6/h5,7H,2-4,10H2,1H3,(H,11,13)(H,12,14). The van der Waals surface area contributed by atoms with Crippen molar-refractivity contribution in [1.82, 2.24) is 10.3 Å². The maximum absolute atomic E-state index is 11.5. The predicted molar refractivity (Wildman–Crippen MR) is 69.1 cm³/mol. The molecule has 1 rings (SSSR count). The molecular formula is C9H15N3O4S2. The molecule has 1 aromatic rings. The summed E-state index contributed by atoms with van der Waals surface area (Å²) >= 11 is 1.01. The van der Waals surface area contributed by atoms with Crippen LogP contribution in [-0.2, 0) is 21.2 Å². The maximum atomic E-state index is 11.5. The van der Waals surface area contributed by atoms with Gasteiger partial charge in [-0.2, -0.15) is 0 Å². The summed E-state index contributed by atoms with van der Waals surface area (Å²) < 4.78 is 21.8. The lowest BCUT2D eigenvalue weighted by atomic mass is 10.2. The van der Waals surface area contributed by atoms with Crippen LogP contribution < -0.4 is 15.9 Å². The van der Waals surface area contributed by atoms with E-state index in [4.69, 9.17) is 5.73 Å². The van der Waals surface area contributed by atoms with Gasteiger partial charge in [-0.3, -0.25) is 9.59 Å². The Bertz CT molecular complexity index is 560. The Balaban J connectivity index is 2.38. The van der Waals surface area contributed by atoms with E-state index in [-0.39, 0.29) is 23.6 Å². The minimum atomic E-state index is -3.12. The SMILES string of the molecule is CS(=O)(=O)CCC(N)C(=O)NCc1csc(=O)[nH]1. The fourth-order valence-corrected chi connectivity index (χ4v) is 2.45. The van der Waals surface area contributed by atoms with Crippen molar-refractivity contribution in [2.75, 3.05) is 12.0 Å². The predicted octanol–water partition coefficient (Wildman–Crippen LogP) is -1.19. The number of hydrogen-bond acceptors (Lipinski definition) is 6. The van der Waals surface area contributed by atoms with Crippen LogP contribution in [0.15, 0.2) is 10.2 Å². The molecule has 1 unspecified atom stereocenters. The van der Waals surface area contributed by atoms with E-state index in [1.807, 2.05) is 0 Å². The number of nitrogens with one attached hydrogen (secondary N) is 2. The van der Waals surface area contributed by atoms with E-state index in [9.17, 15) is 18.0 Å². The third-order valence-corrected chi connectivity index (χ3v) is 3.86. The molecule has 0 radical (unpaired) electrons. The Labute approximate surface area is 108 Å². The second-order valence-corrected chi connectivity index (χ2v) is 7.02. The van der Waals surface area contributed by atoms with Gasteiger partial charge in [0.25, 0.3) is 0 Å². The van der Waals surface area contributed by atoms with E-state index in [0.29, 0.717) is 5.69 Å². The first-order chi connectivity index (χ1) is 8.28. The molecule has 0 aliphatic carbocycles. The average molecular weight is 293 g/mol. The Hall–Kier alpha value is -1.19. The van der Waals surface area contributed by atoms with Gasteiger partial charge in [0.1, 0.15) is 9.84 Å². The monoisotopic (exact) mass is 293 g/mol. The second kappa shape index (κ2) is 6.12. The lowest BCUT2D eigenvalue weighted by Crippen LogP contribution is -2.41. The van der Waals surface area contributed by atoms with Gasteiger partial charge >= 0.3 is 4.87 Å². The zero-order chi connectivity index (χ0) is 13.8. The van der Waals surface area contributed by atoms with Gasteiger partial charge in [-0.05, 0) is 6.42 Å². The van der Waals surface area contributed by atoms with Crippen LogP contribution in [0.25, 0.3) is 0 Å². The van der Waals surface area contributed by atoms with Gasteiger partial charge in [0.05, 0.1) is 18.3 Å². The smallest absolute Gasteiger partial charge is 0.304 e. The quantitative estimate of drug-likeness (QED) is 0.609. The summed E-state index contributed by atoms with van der Waals surface area (Å²) in [4.78, 5) is 24.7. The van der Waals surface area contributed by atoms with Crippen LogP contribution >= 0.6 is 11.3 Å². The molecule has 0 bridgehead atoms. The molecule has 0 aliphatic rings. The summed E-state index contributed by atoms with van der Waals surface area (Å²) in [5.74, 6) is -0.567. The summed E-state index contributed by atoms with van der Waals surface area (Å²) in [6, 6.07) is -0.870. The summed E-state index contributed by atoms with van der Waals surface area (Å²) in [6.45, 7) is 0.171. The van der Waals surface area contributed by atoms with Crippen molar-refractivity contribution in [3.05, 3.63) is 20.7 Å². The Kier molecular flexibility index (Phi) is 5.05. The van der Waals surface area contributed by atoms with E-state index in [0.717, 1.165) is 17.6 Å². The van der Waals surface area contributed by atoms with Crippen molar-refractivity contribution < 1.29 is 13.2 Å². The Morgan fingerprint density at radius 1 is 1.61 bits per heavy atom. The first-order valence-electron chi connectivity index (χ1n) is 5.15. The molecule has 0 fully saturated rings. The molecule has 7 nitrogen and oxygen atoms in total. The van der Waals surface area contributed by atoms with Gasteiger partial charge in [-0.25, -0.2) is 8.42 Å². The maximum Gasteiger partial charge on any atom is 0.304 e. The molecule has 0 aliphatic heterocycles. The minimum Gasteiger partial charge on any atom is -0.349 e. The summed E-state index contributed by atoms with van der Waals surface area (Å²) in [5.41, 5.74) is 6.14. The van der Waals surface area contributed by atoms with Crippen molar-refractivity contribution in [3.8, 4) is 0 Å². The van der Waals surface area contributed by atoms with Gasteiger partial charge in [0.2, 0.25) is 5.91 Å². The van der Waals surface area contributed by atoms with Crippen LogP contribution in [0.3, 0.4) is 0 Å². The largest absolute Gasteiger partial charge is 0.349 e. The highest BCUT2D eigenvalue weighted by atomic mass is 32.2. The number of aromatic amines is 1. The zero-order valence-electron chi connectivity index (χ0n) is 9.80. The first kappa shape index (κ1) is 14.9. The second-order valence-electron chi connectivity index (χ2n) is 3.92. The Morgan fingerprint density at radius 3 is 2.78 bits per heavy atom. The highest BCUT2D eigenvalue weighted by molar-refractivity contribution is 7.90. The molecule has 1 aromatic heterocycles. The molecule has 1 atom stereocenters. The number of carbonyl (C=O) groups is 1. The molecule has 0 saturated heterocycles. The third kappa shape index (κ3) is 5.43. The average Bonchev–Trinajstić information content (AvgIpc) is 2.67. The molecule has 0 saturated carbocycles. The molecule has 102 valence electrons. The molecule has 1 amide bonds. The number of rotatable bonds is 6. The molecular weight excluding hydrogens is 278 g/mol. The number of sulfone groups is 1. The van der Waals surface area contributed by atoms with Crippen molar-refractivity contribution >= 4 is 27.1 Å². The van der Waals surface area contributed by atoms with Crippen molar-refractivity contribution in [3.63, 3.8) is 0 Å². The summed E-state index contributed by atoms with van der Waals surface area (Å²) in [7, 11) is -3.12. The fraction of sp³-hybridized carbons (Fsp3) is 0.556. The van der Waals surface area contributed by atoms with Gasteiger partial charge in [-0.1, -0.05) is 11.3 Å². The third-order valence-electron chi connectivity index (χ3n) is 2.16. The number of thiazole rings is 1. The molecule has 9 heteroatoms. The van der Waals surface area contributed by atoms with Crippen LogP contribution in [-0.4, -0.2) is 37.4 Å². The van der Waals surface area contributed by atoms with Crippen LogP contribution in [0.1, 0.15) is 12.1 Å². The minimum absolute atomic E-state index is 0.0742. The van der Waals surface area contributed by atoms with Crippen LogP contribution in [0.4, 0.5) is 0 Å². The van der Waals surface area contributed by atoms with Crippen LogP contribution in [0.2, 0.25) is 0 Å². The molecule has 1 heterocycles. The molecule has 18 heavy (non-hydrogen) atoms. The van der Waals surface area contributed by atoms with Crippen LogP contribution in [0.5, 0.6) is 0 Å². The molecule has 4 N–H and O–H groups in total. The highest BCUT2D eigenvalue weighted by Crippen LogP contribution is 1.97. The summed E-state index contributed by atoms with van der Waals surface area (Å²) in [5, 5.41) is 4.13. The van der Waals surface area contributed by atoms with E-state index in [2.05, 4.69) is 10.3 Å². The molecule has 0 spiro atoms.